The summed E-state index contributed by atoms with van der Waals surface area (Å²) in [5.74, 6) is -0.222. The summed E-state index contributed by atoms with van der Waals surface area (Å²) in [6.45, 7) is 3.43. The SMILES string of the molecule is CCCNCC(O)COc1cc(F)c(Cl)cc1Br. The molecule has 0 saturated heterocycles. The van der Waals surface area contributed by atoms with Crippen LogP contribution in [0, 0.1) is 5.82 Å². The fourth-order valence-electron chi connectivity index (χ4n) is 1.31. The van der Waals surface area contributed by atoms with Crippen LogP contribution in [-0.4, -0.2) is 30.9 Å². The zero-order valence-electron chi connectivity index (χ0n) is 10.0. The quantitative estimate of drug-likeness (QED) is 0.592. The standard InChI is InChI=1S/C12H16BrClFNO2/c1-2-3-16-6-8(17)7-18-12-5-11(15)10(14)4-9(12)13/h4-5,8,16-17H,2-3,6-7H2,1H3. The van der Waals surface area contributed by atoms with Crippen molar-refractivity contribution >= 4 is 27.5 Å². The molecule has 1 atom stereocenters. The van der Waals surface area contributed by atoms with Crippen LogP contribution < -0.4 is 10.1 Å². The molecule has 2 N–H and O–H groups in total. The Hall–Kier alpha value is -0.360. The van der Waals surface area contributed by atoms with Crippen molar-refractivity contribution in [1.29, 1.82) is 0 Å². The second kappa shape index (κ2) is 7.94. The van der Waals surface area contributed by atoms with Gasteiger partial charge in [-0.25, -0.2) is 4.39 Å². The van der Waals surface area contributed by atoms with Gasteiger partial charge in [-0.1, -0.05) is 18.5 Å². The topological polar surface area (TPSA) is 41.5 Å². The van der Waals surface area contributed by atoms with Crippen LogP contribution in [-0.2, 0) is 0 Å². The summed E-state index contributed by atoms with van der Waals surface area (Å²) >= 11 is 8.84. The van der Waals surface area contributed by atoms with Crippen molar-refractivity contribution in [3.63, 3.8) is 0 Å². The maximum atomic E-state index is 13.2. The number of aliphatic hydroxyl groups is 1. The highest BCUT2D eigenvalue weighted by Crippen LogP contribution is 2.30. The van der Waals surface area contributed by atoms with E-state index in [1.807, 2.05) is 6.92 Å². The molecule has 0 aromatic heterocycles. The van der Waals surface area contributed by atoms with Gasteiger partial charge in [-0.05, 0) is 35.0 Å². The minimum Gasteiger partial charge on any atom is -0.490 e. The minimum atomic E-state index is -0.637. The zero-order valence-corrected chi connectivity index (χ0v) is 12.4. The fraction of sp³-hybridized carbons (Fsp3) is 0.500. The predicted octanol–water partition coefficient (Wildman–Crippen LogP) is 2.98. The largest absolute Gasteiger partial charge is 0.490 e. The maximum absolute atomic E-state index is 13.2. The van der Waals surface area contributed by atoms with E-state index in [1.165, 1.54) is 12.1 Å². The smallest absolute Gasteiger partial charge is 0.145 e. The number of rotatable bonds is 7. The molecule has 0 saturated carbocycles. The lowest BCUT2D eigenvalue weighted by Gasteiger charge is -2.14. The van der Waals surface area contributed by atoms with E-state index in [1.54, 1.807) is 0 Å². The number of halogens is 3. The Labute approximate surface area is 119 Å². The van der Waals surface area contributed by atoms with E-state index in [9.17, 15) is 9.50 Å². The fourth-order valence-corrected chi connectivity index (χ4v) is 2.06. The van der Waals surface area contributed by atoms with Crippen molar-refractivity contribution in [2.45, 2.75) is 19.4 Å². The first-order valence-corrected chi connectivity index (χ1v) is 6.87. The second-order valence-corrected chi connectivity index (χ2v) is 5.13. The van der Waals surface area contributed by atoms with Crippen molar-refractivity contribution in [3.05, 3.63) is 27.4 Å². The molecular weight excluding hydrogens is 324 g/mol. The summed E-state index contributed by atoms with van der Waals surface area (Å²) < 4.78 is 19.1. The molecule has 0 amide bonds. The van der Waals surface area contributed by atoms with E-state index < -0.39 is 11.9 Å². The van der Waals surface area contributed by atoms with Crippen molar-refractivity contribution in [2.75, 3.05) is 19.7 Å². The van der Waals surface area contributed by atoms with E-state index in [2.05, 4.69) is 21.2 Å². The molecule has 18 heavy (non-hydrogen) atoms. The first kappa shape index (κ1) is 15.7. The van der Waals surface area contributed by atoms with Gasteiger partial charge in [-0.15, -0.1) is 0 Å². The van der Waals surface area contributed by atoms with Crippen molar-refractivity contribution in [2.24, 2.45) is 0 Å². The summed E-state index contributed by atoms with van der Waals surface area (Å²) in [6.07, 6.45) is 0.365. The van der Waals surface area contributed by atoms with E-state index in [0.29, 0.717) is 16.8 Å². The number of aliphatic hydroxyl groups excluding tert-OH is 1. The van der Waals surface area contributed by atoms with Crippen LogP contribution in [0.4, 0.5) is 4.39 Å². The Bertz CT molecular complexity index is 393. The molecule has 0 heterocycles. The van der Waals surface area contributed by atoms with Crippen LogP contribution in [0.5, 0.6) is 5.75 Å². The zero-order chi connectivity index (χ0) is 13.5. The van der Waals surface area contributed by atoms with Gasteiger partial charge in [-0.3, -0.25) is 0 Å². The Morgan fingerprint density at radius 3 is 2.94 bits per heavy atom. The van der Waals surface area contributed by atoms with Gasteiger partial charge < -0.3 is 15.2 Å². The van der Waals surface area contributed by atoms with Gasteiger partial charge in [0.15, 0.2) is 0 Å². The number of hydrogen-bond acceptors (Lipinski definition) is 3. The van der Waals surface area contributed by atoms with E-state index in [4.69, 9.17) is 16.3 Å². The summed E-state index contributed by atoms with van der Waals surface area (Å²) in [5, 5.41) is 12.7. The third-order valence-electron chi connectivity index (χ3n) is 2.21. The van der Waals surface area contributed by atoms with Gasteiger partial charge in [0.2, 0.25) is 0 Å². The van der Waals surface area contributed by atoms with Crippen molar-refractivity contribution < 1.29 is 14.2 Å². The van der Waals surface area contributed by atoms with Crippen LogP contribution in [0.2, 0.25) is 5.02 Å². The van der Waals surface area contributed by atoms with Crippen LogP contribution in [0.3, 0.4) is 0 Å². The maximum Gasteiger partial charge on any atom is 0.145 e. The molecule has 1 aromatic carbocycles. The molecule has 102 valence electrons. The summed E-state index contributed by atoms with van der Waals surface area (Å²) in [4.78, 5) is 0. The predicted molar refractivity (Wildman–Crippen MR) is 73.8 cm³/mol. The molecule has 0 aliphatic rings. The summed E-state index contributed by atoms with van der Waals surface area (Å²) in [6, 6.07) is 2.62. The molecule has 1 aromatic rings. The number of hydrogen-bond donors (Lipinski definition) is 2. The Morgan fingerprint density at radius 2 is 2.28 bits per heavy atom. The number of nitrogens with one attached hydrogen (secondary N) is 1. The molecule has 3 nitrogen and oxygen atoms in total. The van der Waals surface area contributed by atoms with Crippen molar-refractivity contribution in [1.82, 2.24) is 5.32 Å². The van der Waals surface area contributed by atoms with Crippen LogP contribution in [0.15, 0.2) is 16.6 Å². The van der Waals surface area contributed by atoms with Gasteiger partial charge in [0.05, 0.1) is 9.50 Å². The average molecular weight is 341 g/mol. The normalized spacial score (nSPS) is 12.5. The lowest BCUT2D eigenvalue weighted by atomic mass is 10.3. The minimum absolute atomic E-state index is 0.0272. The number of benzene rings is 1. The molecule has 0 aliphatic heterocycles. The van der Waals surface area contributed by atoms with Crippen molar-refractivity contribution in [3.8, 4) is 5.75 Å². The highest BCUT2D eigenvalue weighted by Gasteiger charge is 2.10. The first-order valence-electron chi connectivity index (χ1n) is 5.70. The molecule has 1 unspecified atom stereocenters. The van der Waals surface area contributed by atoms with Gasteiger partial charge in [0.1, 0.15) is 24.3 Å². The molecule has 0 fully saturated rings. The van der Waals surface area contributed by atoms with Gasteiger partial charge >= 0.3 is 0 Å². The monoisotopic (exact) mass is 339 g/mol. The lowest BCUT2D eigenvalue weighted by Crippen LogP contribution is -2.31. The van der Waals surface area contributed by atoms with Crippen LogP contribution in [0.25, 0.3) is 0 Å². The molecule has 6 heteroatoms. The van der Waals surface area contributed by atoms with Gasteiger partial charge in [0, 0.05) is 12.6 Å². The van der Waals surface area contributed by atoms with Gasteiger partial charge in [-0.2, -0.15) is 0 Å². The van der Waals surface area contributed by atoms with E-state index in [-0.39, 0.29) is 11.6 Å². The summed E-state index contributed by atoms with van der Waals surface area (Å²) in [7, 11) is 0. The average Bonchev–Trinajstić information content (AvgIpc) is 2.32. The number of ether oxygens (including phenoxy) is 1. The highest BCUT2D eigenvalue weighted by molar-refractivity contribution is 9.10. The molecule has 0 spiro atoms. The lowest BCUT2D eigenvalue weighted by molar-refractivity contribution is 0.106. The van der Waals surface area contributed by atoms with Crippen LogP contribution in [0.1, 0.15) is 13.3 Å². The first-order chi connectivity index (χ1) is 8.54. The molecule has 0 bridgehead atoms. The Kier molecular flexibility index (Phi) is 6.92. The third-order valence-corrected chi connectivity index (χ3v) is 3.12. The Morgan fingerprint density at radius 1 is 1.56 bits per heavy atom. The third kappa shape index (κ3) is 5.10. The summed E-state index contributed by atoms with van der Waals surface area (Å²) in [5.41, 5.74) is 0. The van der Waals surface area contributed by atoms with Gasteiger partial charge in [0.25, 0.3) is 0 Å². The highest BCUT2D eigenvalue weighted by atomic mass is 79.9. The molecule has 1 rings (SSSR count). The Balaban J connectivity index is 2.45. The van der Waals surface area contributed by atoms with E-state index in [0.717, 1.165) is 13.0 Å². The van der Waals surface area contributed by atoms with Crippen LogP contribution >= 0.6 is 27.5 Å². The second-order valence-electron chi connectivity index (χ2n) is 3.87. The molecular formula is C12H16BrClFNO2. The van der Waals surface area contributed by atoms with E-state index >= 15 is 0 Å². The molecule has 0 radical (unpaired) electrons. The molecule has 0 aliphatic carbocycles.